The summed E-state index contributed by atoms with van der Waals surface area (Å²) in [5.41, 5.74) is 0.866. The molecule has 1 aromatic heterocycles. The van der Waals surface area contributed by atoms with Gasteiger partial charge in [0.05, 0.1) is 6.04 Å². The molecule has 2 rings (SSSR count). The van der Waals surface area contributed by atoms with Crippen LogP contribution >= 0.6 is 15.9 Å². The van der Waals surface area contributed by atoms with Crippen molar-refractivity contribution < 1.29 is 4.39 Å². The Bertz CT molecular complexity index is 372. The molecule has 0 bridgehead atoms. The van der Waals surface area contributed by atoms with E-state index in [4.69, 9.17) is 5.84 Å². The smallest absolute Gasteiger partial charge is 0.156 e. The van der Waals surface area contributed by atoms with Crippen molar-refractivity contribution in [3.63, 3.8) is 0 Å². The van der Waals surface area contributed by atoms with Crippen LogP contribution in [0.2, 0.25) is 0 Å². The lowest BCUT2D eigenvalue weighted by Crippen LogP contribution is -2.35. The van der Waals surface area contributed by atoms with E-state index in [-0.39, 0.29) is 16.5 Å². The number of rotatable bonds is 1. The van der Waals surface area contributed by atoms with E-state index in [0.29, 0.717) is 0 Å². The van der Waals surface area contributed by atoms with Gasteiger partial charge >= 0.3 is 0 Å². The summed E-state index contributed by atoms with van der Waals surface area (Å²) in [5.74, 6) is 5.65. The number of aromatic nitrogens is 1. The van der Waals surface area contributed by atoms with Crippen LogP contribution in [0.4, 0.5) is 4.39 Å². The first-order chi connectivity index (χ1) is 7.68. The minimum absolute atomic E-state index is 0.0950. The summed E-state index contributed by atoms with van der Waals surface area (Å²) in [5, 5.41) is 1.80. The molecule has 0 radical (unpaired) electrons. The molecule has 0 aliphatic carbocycles. The summed E-state index contributed by atoms with van der Waals surface area (Å²) in [6, 6.07) is 1.62. The summed E-state index contributed by atoms with van der Waals surface area (Å²) < 4.78 is 13.7. The van der Waals surface area contributed by atoms with Gasteiger partial charge in [0.1, 0.15) is 4.60 Å². The summed E-state index contributed by atoms with van der Waals surface area (Å²) in [6.07, 6.45) is 6.11. The van der Waals surface area contributed by atoms with Gasteiger partial charge in [-0.3, -0.25) is 5.84 Å². The van der Waals surface area contributed by atoms with Crippen molar-refractivity contribution in [2.45, 2.75) is 31.7 Å². The van der Waals surface area contributed by atoms with Crippen molar-refractivity contribution in [2.75, 3.05) is 6.54 Å². The largest absolute Gasteiger partial charge is 0.268 e. The van der Waals surface area contributed by atoms with Crippen LogP contribution in [0.25, 0.3) is 0 Å². The molecular formula is C11H15BrFN3. The quantitative estimate of drug-likeness (QED) is 0.638. The topological polar surface area (TPSA) is 42.1 Å². The molecule has 2 heterocycles. The predicted octanol–water partition coefficient (Wildman–Crippen LogP) is 2.77. The van der Waals surface area contributed by atoms with Gasteiger partial charge in [-0.05, 0) is 40.4 Å². The molecule has 1 aliphatic rings. The second-order valence-electron chi connectivity index (χ2n) is 4.14. The summed E-state index contributed by atoms with van der Waals surface area (Å²) in [6.45, 7) is 0.863. The fourth-order valence-electron chi connectivity index (χ4n) is 2.11. The van der Waals surface area contributed by atoms with Crippen molar-refractivity contribution in [3.05, 3.63) is 28.2 Å². The standard InChI is InChI=1S/C11H15BrFN3/c12-11-9(13)6-8(7-15-11)10-4-2-1-3-5-16(10)14/h6-7,10H,1-5,14H2/t10-/m0/s1. The number of halogens is 2. The van der Waals surface area contributed by atoms with Crippen LogP contribution < -0.4 is 5.84 Å². The monoisotopic (exact) mass is 287 g/mol. The third-order valence-corrected chi connectivity index (χ3v) is 3.58. The normalized spacial score (nSPS) is 23.1. The Balaban J connectivity index is 2.23. The van der Waals surface area contributed by atoms with Crippen molar-refractivity contribution in [3.8, 4) is 0 Å². The Kier molecular flexibility index (Phi) is 3.89. The maximum absolute atomic E-state index is 13.4. The Labute approximate surface area is 103 Å². The predicted molar refractivity (Wildman–Crippen MR) is 64.0 cm³/mol. The molecular weight excluding hydrogens is 273 g/mol. The zero-order valence-corrected chi connectivity index (χ0v) is 10.6. The molecule has 2 N–H and O–H groups in total. The molecule has 16 heavy (non-hydrogen) atoms. The van der Waals surface area contributed by atoms with Gasteiger partial charge in [0.15, 0.2) is 5.82 Å². The molecule has 0 unspecified atom stereocenters. The Morgan fingerprint density at radius 2 is 2.25 bits per heavy atom. The fraction of sp³-hybridized carbons (Fsp3) is 0.545. The number of pyridine rings is 1. The lowest BCUT2D eigenvalue weighted by molar-refractivity contribution is 0.206. The minimum Gasteiger partial charge on any atom is -0.268 e. The molecule has 88 valence electrons. The highest BCUT2D eigenvalue weighted by molar-refractivity contribution is 9.10. The molecule has 3 nitrogen and oxygen atoms in total. The van der Waals surface area contributed by atoms with E-state index < -0.39 is 0 Å². The van der Waals surface area contributed by atoms with Crippen molar-refractivity contribution >= 4 is 15.9 Å². The van der Waals surface area contributed by atoms with Crippen LogP contribution in [-0.4, -0.2) is 16.5 Å². The SMILES string of the molecule is NN1CCCCC[C@H]1c1cnc(Br)c(F)c1. The molecule has 1 aliphatic heterocycles. The molecule has 0 spiro atoms. The second-order valence-corrected chi connectivity index (χ2v) is 4.90. The molecule has 1 atom stereocenters. The third kappa shape index (κ3) is 2.59. The molecule has 1 aromatic rings. The third-order valence-electron chi connectivity index (χ3n) is 3.00. The average molecular weight is 288 g/mol. The molecule has 0 amide bonds. The first-order valence-electron chi connectivity index (χ1n) is 5.51. The van der Waals surface area contributed by atoms with Crippen LogP contribution in [0.3, 0.4) is 0 Å². The van der Waals surface area contributed by atoms with E-state index in [1.807, 2.05) is 0 Å². The first kappa shape index (κ1) is 12.0. The first-order valence-corrected chi connectivity index (χ1v) is 6.30. The molecule has 5 heteroatoms. The van der Waals surface area contributed by atoms with Crippen LogP contribution in [-0.2, 0) is 0 Å². The van der Waals surface area contributed by atoms with E-state index in [9.17, 15) is 4.39 Å². The number of hydrazine groups is 1. The van der Waals surface area contributed by atoms with Gasteiger partial charge in [0.2, 0.25) is 0 Å². The van der Waals surface area contributed by atoms with Crippen LogP contribution in [0.1, 0.15) is 37.3 Å². The zero-order valence-electron chi connectivity index (χ0n) is 9.00. The maximum Gasteiger partial charge on any atom is 0.156 e. The summed E-state index contributed by atoms with van der Waals surface area (Å²) in [4.78, 5) is 3.98. The van der Waals surface area contributed by atoms with Gasteiger partial charge in [0, 0.05) is 12.7 Å². The number of hydrogen-bond acceptors (Lipinski definition) is 3. The average Bonchev–Trinajstić information content (AvgIpc) is 2.47. The van der Waals surface area contributed by atoms with Gasteiger partial charge in [0.25, 0.3) is 0 Å². The minimum atomic E-state index is -0.324. The fourth-order valence-corrected chi connectivity index (χ4v) is 2.32. The highest BCUT2D eigenvalue weighted by Crippen LogP contribution is 2.28. The van der Waals surface area contributed by atoms with Crippen molar-refractivity contribution in [1.29, 1.82) is 0 Å². The number of nitrogens with two attached hydrogens (primary N) is 1. The van der Waals surface area contributed by atoms with E-state index in [1.54, 1.807) is 11.2 Å². The van der Waals surface area contributed by atoms with Gasteiger partial charge < -0.3 is 0 Å². The molecule has 0 saturated carbocycles. The van der Waals surface area contributed by atoms with E-state index >= 15 is 0 Å². The van der Waals surface area contributed by atoms with E-state index in [1.165, 1.54) is 12.5 Å². The van der Waals surface area contributed by atoms with Crippen LogP contribution in [0.15, 0.2) is 16.9 Å². The lowest BCUT2D eigenvalue weighted by Gasteiger charge is -2.25. The molecule has 0 aromatic carbocycles. The zero-order chi connectivity index (χ0) is 11.5. The lowest BCUT2D eigenvalue weighted by atomic mass is 10.0. The summed E-state index contributed by atoms with van der Waals surface area (Å²) in [7, 11) is 0. The Morgan fingerprint density at radius 1 is 1.44 bits per heavy atom. The van der Waals surface area contributed by atoms with Gasteiger partial charge in [-0.1, -0.05) is 12.8 Å². The van der Waals surface area contributed by atoms with E-state index in [2.05, 4.69) is 20.9 Å². The van der Waals surface area contributed by atoms with Crippen molar-refractivity contribution in [1.82, 2.24) is 9.99 Å². The molecule has 1 saturated heterocycles. The second kappa shape index (κ2) is 5.21. The molecule has 1 fully saturated rings. The van der Waals surface area contributed by atoms with Gasteiger partial charge in [-0.25, -0.2) is 14.4 Å². The highest BCUT2D eigenvalue weighted by atomic mass is 79.9. The summed E-state index contributed by atoms with van der Waals surface area (Å²) >= 11 is 3.05. The number of nitrogens with zero attached hydrogens (tertiary/aromatic N) is 2. The highest BCUT2D eigenvalue weighted by Gasteiger charge is 2.21. The van der Waals surface area contributed by atoms with Crippen LogP contribution in [0.5, 0.6) is 0 Å². The van der Waals surface area contributed by atoms with Gasteiger partial charge in [-0.2, -0.15) is 0 Å². The van der Waals surface area contributed by atoms with Crippen molar-refractivity contribution in [2.24, 2.45) is 5.84 Å². The maximum atomic E-state index is 13.4. The number of hydrogen-bond donors (Lipinski definition) is 1. The van der Waals surface area contributed by atoms with Crippen LogP contribution in [0, 0.1) is 5.82 Å². The van der Waals surface area contributed by atoms with E-state index in [0.717, 1.165) is 31.4 Å². The Hall–Kier alpha value is -0.520. The Morgan fingerprint density at radius 3 is 3.00 bits per heavy atom. The van der Waals surface area contributed by atoms with Gasteiger partial charge in [-0.15, -0.1) is 0 Å².